The van der Waals surface area contributed by atoms with Gasteiger partial charge in [-0.15, -0.1) is 0 Å². The Morgan fingerprint density at radius 2 is 1.63 bits per heavy atom. The van der Waals surface area contributed by atoms with Crippen molar-refractivity contribution in [2.75, 3.05) is 18.6 Å². The number of hydrogen-bond donors (Lipinski definition) is 0. The summed E-state index contributed by atoms with van der Waals surface area (Å²) in [4.78, 5) is 16.7. The number of anilines is 1. The molecule has 0 aliphatic heterocycles. The molecule has 7 heteroatoms. The van der Waals surface area contributed by atoms with Crippen molar-refractivity contribution in [2.24, 2.45) is 0 Å². The molecule has 0 bridgehead atoms. The molecule has 0 aliphatic rings. The monoisotopic (exact) mass is 370 g/mol. The first-order chi connectivity index (χ1) is 13.0. The van der Waals surface area contributed by atoms with Crippen molar-refractivity contribution < 1.29 is 23.0 Å². The van der Waals surface area contributed by atoms with Gasteiger partial charge in [-0.2, -0.15) is 0 Å². The average Bonchev–Trinajstić information content (AvgIpc) is 2.67. The minimum atomic E-state index is -0.923. The van der Waals surface area contributed by atoms with E-state index in [1.165, 1.54) is 7.05 Å². The van der Waals surface area contributed by atoms with Crippen molar-refractivity contribution in [1.82, 2.24) is 4.98 Å². The Labute approximate surface area is 154 Å². The van der Waals surface area contributed by atoms with E-state index >= 15 is 0 Å². The van der Waals surface area contributed by atoms with Crippen LogP contribution in [0.25, 0.3) is 0 Å². The lowest BCUT2D eigenvalue weighted by Gasteiger charge is -2.17. The van der Waals surface area contributed by atoms with Crippen molar-refractivity contribution in [3.63, 3.8) is 0 Å². The van der Waals surface area contributed by atoms with Crippen LogP contribution in [0.5, 0.6) is 17.2 Å². The second-order valence-corrected chi connectivity index (χ2v) is 5.59. The zero-order valence-electron chi connectivity index (χ0n) is 14.4. The van der Waals surface area contributed by atoms with Crippen LogP contribution in [0.4, 0.5) is 14.6 Å². The summed E-state index contributed by atoms with van der Waals surface area (Å²) in [6.07, 6.45) is 0.842. The summed E-state index contributed by atoms with van der Waals surface area (Å²) in [7, 11) is 1.34. The molecule has 0 aliphatic carbocycles. The van der Waals surface area contributed by atoms with Gasteiger partial charge >= 0.3 is 0 Å². The zero-order chi connectivity index (χ0) is 19.2. The van der Waals surface area contributed by atoms with E-state index in [9.17, 15) is 13.6 Å². The molecule has 0 unspecified atom stereocenters. The molecule has 1 amide bonds. The molecule has 1 heterocycles. The lowest BCUT2D eigenvalue weighted by Crippen LogP contribution is -2.32. The molecule has 1 aromatic heterocycles. The Kier molecular flexibility index (Phi) is 5.61. The van der Waals surface area contributed by atoms with E-state index in [-0.39, 0.29) is 12.4 Å². The predicted octanol–water partition coefficient (Wildman–Crippen LogP) is 4.19. The van der Waals surface area contributed by atoms with Crippen LogP contribution in [-0.2, 0) is 4.79 Å². The number of halogens is 2. The van der Waals surface area contributed by atoms with Crippen molar-refractivity contribution in [2.45, 2.75) is 0 Å². The van der Waals surface area contributed by atoms with E-state index in [0.717, 1.165) is 11.1 Å². The van der Waals surface area contributed by atoms with Crippen molar-refractivity contribution in [3.8, 4) is 17.2 Å². The molecular weight excluding hydrogens is 354 g/mol. The highest BCUT2D eigenvalue weighted by Crippen LogP contribution is 2.23. The SMILES string of the molecule is CN(C(=O)COc1ccc(Oc2ccccc2)cc1)c1ncc(F)cc1F. The number of carbonyl (C=O) groups is 1. The fraction of sp³-hybridized carbons (Fsp3) is 0.100. The Morgan fingerprint density at radius 3 is 2.30 bits per heavy atom. The first-order valence-electron chi connectivity index (χ1n) is 8.06. The lowest BCUT2D eigenvalue weighted by atomic mass is 10.3. The Morgan fingerprint density at radius 1 is 1.00 bits per heavy atom. The second-order valence-electron chi connectivity index (χ2n) is 5.59. The van der Waals surface area contributed by atoms with Gasteiger partial charge in [-0.3, -0.25) is 9.69 Å². The van der Waals surface area contributed by atoms with E-state index in [0.29, 0.717) is 23.3 Å². The molecule has 0 saturated carbocycles. The normalized spacial score (nSPS) is 10.3. The number of para-hydroxylation sites is 1. The molecule has 0 radical (unpaired) electrons. The van der Waals surface area contributed by atoms with Gasteiger partial charge in [0.2, 0.25) is 0 Å². The third-order valence-electron chi connectivity index (χ3n) is 3.65. The summed E-state index contributed by atoms with van der Waals surface area (Å²) in [5.74, 6) is -0.760. The fourth-order valence-corrected chi connectivity index (χ4v) is 2.24. The number of hydrogen-bond acceptors (Lipinski definition) is 4. The third-order valence-corrected chi connectivity index (χ3v) is 3.65. The van der Waals surface area contributed by atoms with Crippen LogP contribution in [-0.4, -0.2) is 24.5 Å². The summed E-state index contributed by atoms with van der Waals surface area (Å²) in [5, 5.41) is 0. The van der Waals surface area contributed by atoms with Gasteiger partial charge in [0.15, 0.2) is 18.2 Å². The Hall–Kier alpha value is -3.48. The van der Waals surface area contributed by atoms with E-state index < -0.39 is 17.5 Å². The minimum Gasteiger partial charge on any atom is -0.484 e. The van der Waals surface area contributed by atoms with Gasteiger partial charge < -0.3 is 9.47 Å². The topological polar surface area (TPSA) is 51.7 Å². The number of ether oxygens (including phenoxy) is 2. The van der Waals surface area contributed by atoms with Gasteiger partial charge in [0.05, 0.1) is 6.20 Å². The third kappa shape index (κ3) is 4.78. The van der Waals surface area contributed by atoms with Crippen LogP contribution in [0.15, 0.2) is 66.9 Å². The van der Waals surface area contributed by atoms with Crippen LogP contribution >= 0.6 is 0 Å². The van der Waals surface area contributed by atoms with Gasteiger partial charge in [-0.1, -0.05) is 18.2 Å². The van der Waals surface area contributed by atoms with Crippen LogP contribution in [0.1, 0.15) is 0 Å². The standard InChI is InChI=1S/C20H16F2N2O3/c1-24(20-18(22)11-14(21)12-23-20)19(25)13-26-15-7-9-17(10-8-15)27-16-5-3-2-4-6-16/h2-12H,13H2,1H3. The lowest BCUT2D eigenvalue weighted by molar-refractivity contribution is -0.120. The fourth-order valence-electron chi connectivity index (χ4n) is 2.24. The highest BCUT2D eigenvalue weighted by atomic mass is 19.1. The molecule has 0 atom stereocenters. The molecule has 0 fully saturated rings. The quantitative estimate of drug-likeness (QED) is 0.653. The van der Waals surface area contributed by atoms with Crippen molar-refractivity contribution in [3.05, 3.63) is 78.5 Å². The smallest absolute Gasteiger partial charge is 0.265 e. The molecule has 3 rings (SSSR count). The molecule has 5 nitrogen and oxygen atoms in total. The first-order valence-corrected chi connectivity index (χ1v) is 8.06. The van der Waals surface area contributed by atoms with E-state index in [1.54, 1.807) is 24.3 Å². The number of pyridine rings is 1. The number of aromatic nitrogens is 1. The second kappa shape index (κ2) is 8.27. The van der Waals surface area contributed by atoms with Gasteiger partial charge in [0.1, 0.15) is 23.1 Å². The maximum atomic E-state index is 13.7. The number of benzene rings is 2. The summed E-state index contributed by atoms with van der Waals surface area (Å²) >= 11 is 0. The maximum absolute atomic E-state index is 13.7. The number of amides is 1. The van der Waals surface area contributed by atoms with Gasteiger partial charge in [-0.05, 0) is 36.4 Å². The molecule has 0 N–H and O–H groups in total. The van der Waals surface area contributed by atoms with E-state index in [4.69, 9.17) is 9.47 Å². The van der Waals surface area contributed by atoms with Gasteiger partial charge in [-0.25, -0.2) is 13.8 Å². The molecule has 0 spiro atoms. The Balaban J connectivity index is 1.57. The molecule has 27 heavy (non-hydrogen) atoms. The highest BCUT2D eigenvalue weighted by Gasteiger charge is 2.17. The van der Waals surface area contributed by atoms with Gasteiger partial charge in [0, 0.05) is 13.1 Å². The number of likely N-dealkylation sites (N-methyl/N-ethyl adjacent to an activating group) is 1. The first kappa shape index (κ1) is 18.3. The predicted molar refractivity (Wildman–Crippen MR) is 96.0 cm³/mol. The summed E-state index contributed by atoms with van der Waals surface area (Å²) in [6.45, 7) is -0.326. The zero-order valence-corrected chi connectivity index (χ0v) is 14.4. The highest BCUT2D eigenvalue weighted by molar-refractivity contribution is 5.93. The molecule has 2 aromatic carbocycles. The average molecular weight is 370 g/mol. The number of nitrogens with zero attached hydrogens (tertiary/aromatic N) is 2. The molecule has 0 saturated heterocycles. The number of carbonyl (C=O) groups excluding carboxylic acids is 1. The van der Waals surface area contributed by atoms with Crippen molar-refractivity contribution >= 4 is 11.7 Å². The maximum Gasteiger partial charge on any atom is 0.265 e. The Bertz CT molecular complexity index is 918. The van der Waals surface area contributed by atoms with E-state index in [2.05, 4.69) is 4.98 Å². The van der Waals surface area contributed by atoms with Crippen molar-refractivity contribution in [1.29, 1.82) is 0 Å². The minimum absolute atomic E-state index is 0.267. The van der Waals surface area contributed by atoms with Crippen LogP contribution in [0.2, 0.25) is 0 Å². The summed E-state index contributed by atoms with van der Waals surface area (Å²) < 4.78 is 37.7. The molecular formula is C20H16F2N2O3. The molecule has 3 aromatic rings. The molecule has 138 valence electrons. The van der Waals surface area contributed by atoms with Crippen LogP contribution < -0.4 is 14.4 Å². The van der Waals surface area contributed by atoms with Crippen LogP contribution in [0.3, 0.4) is 0 Å². The van der Waals surface area contributed by atoms with Crippen LogP contribution in [0, 0.1) is 11.6 Å². The van der Waals surface area contributed by atoms with E-state index in [1.807, 2.05) is 30.3 Å². The largest absolute Gasteiger partial charge is 0.484 e. The number of rotatable bonds is 6. The van der Waals surface area contributed by atoms with Gasteiger partial charge in [0.25, 0.3) is 5.91 Å². The summed E-state index contributed by atoms with van der Waals surface area (Å²) in [5.41, 5.74) is 0. The summed E-state index contributed by atoms with van der Waals surface area (Å²) in [6, 6.07) is 16.7.